The third-order valence-corrected chi connectivity index (χ3v) is 3.52. The quantitative estimate of drug-likeness (QED) is 0.823. The molecule has 0 aromatic heterocycles. The first-order valence-corrected chi connectivity index (χ1v) is 6.42. The maximum absolute atomic E-state index is 13.2. The van der Waals surface area contributed by atoms with Crippen LogP contribution in [0.15, 0.2) is 18.2 Å². The molecule has 2 rings (SSSR count). The van der Waals surface area contributed by atoms with Crippen LogP contribution in [-0.4, -0.2) is 24.2 Å². The Bertz CT molecular complexity index is 447. The maximum Gasteiger partial charge on any atom is 0.124 e. The number of hydrogen-bond acceptors (Lipinski definition) is 3. The van der Waals surface area contributed by atoms with Crippen molar-refractivity contribution in [2.24, 2.45) is 11.7 Å². The SMILES string of the molecule is CC(Nc1ccc(F)cc1C(N)=S)C1CCOC1. The molecule has 0 radical (unpaired) electrons. The van der Waals surface area contributed by atoms with E-state index in [1.165, 1.54) is 12.1 Å². The molecule has 1 aromatic rings. The molecule has 98 valence electrons. The summed E-state index contributed by atoms with van der Waals surface area (Å²) in [6, 6.07) is 4.69. The molecule has 5 heteroatoms. The highest BCUT2D eigenvalue weighted by Gasteiger charge is 2.22. The van der Waals surface area contributed by atoms with E-state index in [0.717, 1.165) is 25.3 Å². The summed E-state index contributed by atoms with van der Waals surface area (Å²) in [5.74, 6) is 0.134. The van der Waals surface area contributed by atoms with E-state index in [0.29, 0.717) is 11.5 Å². The molecule has 3 N–H and O–H groups in total. The summed E-state index contributed by atoms with van der Waals surface area (Å²) in [6.45, 7) is 3.66. The van der Waals surface area contributed by atoms with Gasteiger partial charge in [-0.2, -0.15) is 0 Å². The molecular weight excluding hydrogens is 251 g/mol. The van der Waals surface area contributed by atoms with Crippen molar-refractivity contribution in [2.45, 2.75) is 19.4 Å². The second-order valence-corrected chi connectivity index (χ2v) is 5.05. The Morgan fingerprint density at radius 3 is 3.00 bits per heavy atom. The molecule has 0 bridgehead atoms. The van der Waals surface area contributed by atoms with E-state index < -0.39 is 0 Å². The molecule has 2 atom stereocenters. The van der Waals surface area contributed by atoms with E-state index in [2.05, 4.69) is 12.2 Å². The monoisotopic (exact) mass is 268 g/mol. The van der Waals surface area contributed by atoms with Crippen molar-refractivity contribution >= 4 is 22.9 Å². The minimum atomic E-state index is -0.333. The van der Waals surface area contributed by atoms with E-state index >= 15 is 0 Å². The number of halogens is 1. The van der Waals surface area contributed by atoms with Crippen molar-refractivity contribution in [3.63, 3.8) is 0 Å². The Balaban J connectivity index is 2.15. The van der Waals surface area contributed by atoms with Crippen LogP contribution in [0.5, 0.6) is 0 Å². The topological polar surface area (TPSA) is 47.3 Å². The van der Waals surface area contributed by atoms with Crippen molar-refractivity contribution < 1.29 is 9.13 Å². The molecule has 1 aromatic carbocycles. The average Bonchev–Trinajstić information content (AvgIpc) is 2.84. The Kier molecular flexibility index (Phi) is 4.14. The number of anilines is 1. The van der Waals surface area contributed by atoms with Gasteiger partial charge >= 0.3 is 0 Å². The van der Waals surface area contributed by atoms with Gasteiger partial charge in [0, 0.05) is 29.8 Å². The van der Waals surface area contributed by atoms with Gasteiger partial charge in [-0.05, 0) is 31.5 Å². The Morgan fingerprint density at radius 1 is 1.61 bits per heavy atom. The lowest BCUT2D eigenvalue weighted by atomic mass is 10.00. The average molecular weight is 268 g/mol. The van der Waals surface area contributed by atoms with Crippen molar-refractivity contribution in [3.8, 4) is 0 Å². The first-order chi connectivity index (χ1) is 8.58. The van der Waals surface area contributed by atoms with Gasteiger partial charge in [0.1, 0.15) is 10.8 Å². The lowest BCUT2D eigenvalue weighted by Gasteiger charge is -2.22. The number of hydrogen-bond donors (Lipinski definition) is 2. The van der Waals surface area contributed by atoms with E-state index in [-0.39, 0.29) is 16.8 Å². The third-order valence-electron chi connectivity index (χ3n) is 3.30. The molecule has 1 fully saturated rings. The molecule has 3 nitrogen and oxygen atoms in total. The lowest BCUT2D eigenvalue weighted by molar-refractivity contribution is 0.183. The summed E-state index contributed by atoms with van der Waals surface area (Å²) in [7, 11) is 0. The standard InChI is InChI=1S/C13H17FN2OS/c1-8(9-4-5-17-7-9)16-12-3-2-10(14)6-11(12)13(15)18/h2-3,6,8-9,16H,4-5,7H2,1H3,(H2,15,18). The number of rotatable bonds is 4. The molecule has 2 unspecified atom stereocenters. The molecule has 1 aliphatic rings. The number of nitrogens with one attached hydrogen (secondary N) is 1. The van der Waals surface area contributed by atoms with E-state index in [1.807, 2.05) is 0 Å². The van der Waals surface area contributed by atoms with Crippen LogP contribution in [0.25, 0.3) is 0 Å². The van der Waals surface area contributed by atoms with E-state index in [1.54, 1.807) is 6.07 Å². The van der Waals surface area contributed by atoms with Crippen LogP contribution in [-0.2, 0) is 4.74 Å². The Labute approximate surface area is 112 Å². The molecule has 18 heavy (non-hydrogen) atoms. The van der Waals surface area contributed by atoms with Gasteiger partial charge in [0.15, 0.2) is 0 Å². The highest BCUT2D eigenvalue weighted by atomic mass is 32.1. The van der Waals surface area contributed by atoms with Crippen LogP contribution in [0.1, 0.15) is 18.9 Å². The van der Waals surface area contributed by atoms with Gasteiger partial charge in [-0.15, -0.1) is 0 Å². The number of ether oxygens (including phenoxy) is 1. The number of benzene rings is 1. The molecule has 1 saturated heterocycles. The largest absolute Gasteiger partial charge is 0.389 e. The first kappa shape index (κ1) is 13.2. The summed E-state index contributed by atoms with van der Waals surface area (Å²) in [5, 5.41) is 3.35. The third kappa shape index (κ3) is 2.97. The van der Waals surface area contributed by atoms with Gasteiger partial charge in [-0.3, -0.25) is 0 Å². The number of nitrogens with two attached hydrogens (primary N) is 1. The van der Waals surface area contributed by atoms with Gasteiger partial charge in [0.2, 0.25) is 0 Å². The lowest BCUT2D eigenvalue weighted by Crippen LogP contribution is -2.27. The zero-order valence-electron chi connectivity index (χ0n) is 10.3. The molecule has 0 saturated carbocycles. The molecule has 0 spiro atoms. The highest BCUT2D eigenvalue weighted by Crippen LogP contribution is 2.23. The summed E-state index contributed by atoms with van der Waals surface area (Å²) < 4.78 is 18.5. The second-order valence-electron chi connectivity index (χ2n) is 4.61. The van der Waals surface area contributed by atoms with Crippen molar-refractivity contribution in [3.05, 3.63) is 29.6 Å². The molecule has 1 aliphatic heterocycles. The van der Waals surface area contributed by atoms with Crippen molar-refractivity contribution in [1.82, 2.24) is 0 Å². The van der Waals surface area contributed by atoms with Crippen LogP contribution in [0.2, 0.25) is 0 Å². The van der Waals surface area contributed by atoms with Gasteiger partial charge in [-0.1, -0.05) is 12.2 Å². The van der Waals surface area contributed by atoms with Crippen molar-refractivity contribution in [2.75, 3.05) is 18.5 Å². The van der Waals surface area contributed by atoms with Crippen molar-refractivity contribution in [1.29, 1.82) is 0 Å². The van der Waals surface area contributed by atoms with Gasteiger partial charge in [0.25, 0.3) is 0 Å². The van der Waals surface area contributed by atoms with E-state index in [9.17, 15) is 4.39 Å². The van der Waals surface area contributed by atoms with Gasteiger partial charge in [0.05, 0.1) is 6.61 Å². The Hall–Kier alpha value is -1.20. The highest BCUT2D eigenvalue weighted by molar-refractivity contribution is 7.80. The van der Waals surface area contributed by atoms with Crippen LogP contribution in [0.3, 0.4) is 0 Å². The minimum Gasteiger partial charge on any atom is -0.389 e. The summed E-state index contributed by atoms with van der Waals surface area (Å²) in [4.78, 5) is 0.201. The fourth-order valence-electron chi connectivity index (χ4n) is 2.16. The van der Waals surface area contributed by atoms with Gasteiger partial charge < -0.3 is 15.8 Å². The molecule has 1 heterocycles. The fraction of sp³-hybridized carbons (Fsp3) is 0.462. The summed E-state index contributed by atoms with van der Waals surface area (Å²) >= 11 is 4.94. The first-order valence-electron chi connectivity index (χ1n) is 6.01. The fourth-order valence-corrected chi connectivity index (χ4v) is 2.33. The molecule has 0 amide bonds. The predicted molar refractivity (Wildman–Crippen MR) is 74.3 cm³/mol. The zero-order chi connectivity index (χ0) is 13.1. The summed E-state index contributed by atoms with van der Waals surface area (Å²) in [6.07, 6.45) is 1.04. The van der Waals surface area contributed by atoms with Crippen LogP contribution in [0, 0.1) is 11.7 Å². The smallest absolute Gasteiger partial charge is 0.124 e. The number of thiocarbonyl (C=S) groups is 1. The summed E-state index contributed by atoms with van der Waals surface area (Å²) in [5.41, 5.74) is 6.95. The van der Waals surface area contributed by atoms with E-state index in [4.69, 9.17) is 22.7 Å². The van der Waals surface area contributed by atoms with Crippen LogP contribution < -0.4 is 11.1 Å². The second kappa shape index (κ2) is 5.63. The normalized spacial score (nSPS) is 20.7. The minimum absolute atomic E-state index is 0.201. The van der Waals surface area contributed by atoms with Crippen LogP contribution >= 0.6 is 12.2 Å². The Morgan fingerprint density at radius 2 is 2.39 bits per heavy atom. The van der Waals surface area contributed by atoms with Crippen LogP contribution in [0.4, 0.5) is 10.1 Å². The predicted octanol–water partition coefficient (Wildman–Crippen LogP) is 2.30. The zero-order valence-corrected chi connectivity index (χ0v) is 11.1. The maximum atomic E-state index is 13.2. The molecule has 0 aliphatic carbocycles. The van der Waals surface area contributed by atoms with Gasteiger partial charge in [-0.25, -0.2) is 4.39 Å². The molecular formula is C13H17FN2OS.